The summed E-state index contributed by atoms with van der Waals surface area (Å²) in [4.78, 5) is 12.0. The van der Waals surface area contributed by atoms with Gasteiger partial charge in [-0.3, -0.25) is 0 Å². The van der Waals surface area contributed by atoms with E-state index in [2.05, 4.69) is 13.8 Å². The maximum Gasteiger partial charge on any atom is 0.338 e. The van der Waals surface area contributed by atoms with E-state index in [0.717, 1.165) is 12.8 Å². The van der Waals surface area contributed by atoms with Crippen LogP contribution < -0.4 is 0 Å². The Morgan fingerprint density at radius 3 is 2.41 bits per heavy atom. The lowest BCUT2D eigenvalue weighted by Gasteiger charge is -2.44. The molecule has 3 nitrogen and oxygen atoms in total. The average molecular weight is 242 g/mol. The molecular formula is C14H26O3. The van der Waals surface area contributed by atoms with Gasteiger partial charge in [-0.2, -0.15) is 0 Å². The first-order chi connectivity index (χ1) is 7.85. The molecule has 1 saturated carbocycles. The largest absolute Gasteiger partial charge is 0.467 e. The molecule has 1 N–H and O–H groups in total. The summed E-state index contributed by atoms with van der Waals surface area (Å²) in [5, 5.41) is 10.8. The summed E-state index contributed by atoms with van der Waals surface area (Å²) in [6.45, 7) is 8.13. The molecule has 1 aliphatic carbocycles. The van der Waals surface area contributed by atoms with E-state index in [9.17, 15) is 9.90 Å². The van der Waals surface area contributed by atoms with Gasteiger partial charge < -0.3 is 9.84 Å². The van der Waals surface area contributed by atoms with E-state index in [1.807, 2.05) is 13.8 Å². The molecule has 100 valence electrons. The first-order valence-corrected chi connectivity index (χ1v) is 6.66. The van der Waals surface area contributed by atoms with E-state index in [-0.39, 0.29) is 11.8 Å². The van der Waals surface area contributed by atoms with Crippen molar-refractivity contribution in [2.45, 2.75) is 52.6 Å². The van der Waals surface area contributed by atoms with E-state index in [4.69, 9.17) is 4.74 Å². The number of rotatable bonds is 3. The Morgan fingerprint density at radius 2 is 1.94 bits per heavy atom. The number of carbonyl (C=O) groups is 1. The number of ether oxygens (including phenoxy) is 1. The third-order valence-corrected chi connectivity index (χ3v) is 4.66. The Kier molecular flexibility index (Phi) is 4.59. The van der Waals surface area contributed by atoms with Gasteiger partial charge in [0.25, 0.3) is 0 Å². The van der Waals surface area contributed by atoms with Crippen LogP contribution in [-0.2, 0) is 9.53 Å². The quantitative estimate of drug-likeness (QED) is 0.774. The molecular weight excluding hydrogens is 216 g/mol. The lowest BCUT2D eigenvalue weighted by atomic mass is 9.63. The molecule has 17 heavy (non-hydrogen) atoms. The van der Waals surface area contributed by atoms with Crippen LogP contribution in [-0.4, -0.2) is 23.8 Å². The maximum atomic E-state index is 12.0. The Labute approximate surface area is 105 Å². The Morgan fingerprint density at radius 1 is 1.35 bits per heavy atom. The van der Waals surface area contributed by atoms with Gasteiger partial charge in [-0.05, 0) is 24.2 Å². The van der Waals surface area contributed by atoms with Crippen LogP contribution in [0.15, 0.2) is 0 Å². The molecule has 0 bridgehead atoms. The van der Waals surface area contributed by atoms with Crippen LogP contribution in [0.5, 0.6) is 0 Å². The Balaban J connectivity index is 3.01. The van der Waals surface area contributed by atoms with Crippen molar-refractivity contribution < 1.29 is 14.6 Å². The highest BCUT2D eigenvalue weighted by Gasteiger charge is 2.51. The molecule has 0 amide bonds. The van der Waals surface area contributed by atoms with Gasteiger partial charge in [0.2, 0.25) is 0 Å². The first-order valence-electron chi connectivity index (χ1n) is 6.66. The third kappa shape index (κ3) is 2.49. The molecule has 0 aliphatic heterocycles. The molecule has 0 heterocycles. The molecule has 0 spiro atoms. The maximum absolute atomic E-state index is 12.0. The molecule has 1 aliphatic rings. The summed E-state index contributed by atoms with van der Waals surface area (Å²) in [7, 11) is 1.35. The summed E-state index contributed by atoms with van der Waals surface area (Å²) in [6, 6.07) is 0. The van der Waals surface area contributed by atoms with Crippen LogP contribution in [0.2, 0.25) is 0 Å². The number of hydrogen-bond acceptors (Lipinski definition) is 3. The fraction of sp³-hybridized carbons (Fsp3) is 0.929. The SMILES string of the molecule is COC(=O)C(O)(C(C)C)C1CCCC(C)C1C. The normalized spacial score (nSPS) is 33.2. The van der Waals surface area contributed by atoms with E-state index in [0.29, 0.717) is 11.8 Å². The first kappa shape index (κ1) is 14.5. The molecule has 0 saturated heterocycles. The van der Waals surface area contributed by atoms with Crippen molar-refractivity contribution in [2.75, 3.05) is 7.11 Å². The molecule has 1 rings (SSSR count). The van der Waals surface area contributed by atoms with Crippen molar-refractivity contribution in [1.82, 2.24) is 0 Å². The lowest BCUT2D eigenvalue weighted by molar-refractivity contribution is -0.182. The van der Waals surface area contributed by atoms with E-state index < -0.39 is 11.6 Å². The summed E-state index contributed by atoms with van der Waals surface area (Å²) < 4.78 is 4.82. The van der Waals surface area contributed by atoms with Gasteiger partial charge in [-0.15, -0.1) is 0 Å². The zero-order valence-electron chi connectivity index (χ0n) is 11.7. The standard InChI is InChI=1S/C14H26O3/c1-9(2)14(16,13(15)17-5)12-8-6-7-10(3)11(12)4/h9-12,16H,6-8H2,1-5H3. The number of carbonyl (C=O) groups excluding carboxylic acids is 1. The van der Waals surface area contributed by atoms with Gasteiger partial charge in [0.05, 0.1) is 7.11 Å². The van der Waals surface area contributed by atoms with Crippen LogP contribution in [0.1, 0.15) is 47.0 Å². The molecule has 4 unspecified atom stereocenters. The van der Waals surface area contributed by atoms with Crippen LogP contribution in [0, 0.1) is 23.7 Å². The molecule has 0 aromatic heterocycles. The zero-order valence-corrected chi connectivity index (χ0v) is 11.7. The molecule has 1 fully saturated rings. The highest BCUT2D eigenvalue weighted by molar-refractivity contribution is 5.80. The highest BCUT2D eigenvalue weighted by atomic mass is 16.5. The highest BCUT2D eigenvalue weighted by Crippen LogP contribution is 2.43. The molecule has 0 aromatic carbocycles. The van der Waals surface area contributed by atoms with E-state index in [1.54, 1.807) is 0 Å². The van der Waals surface area contributed by atoms with Crippen molar-refractivity contribution >= 4 is 5.97 Å². The summed E-state index contributed by atoms with van der Waals surface area (Å²) in [5.74, 6) is 0.337. The third-order valence-electron chi connectivity index (χ3n) is 4.66. The van der Waals surface area contributed by atoms with Gasteiger partial charge >= 0.3 is 5.97 Å². The Hall–Kier alpha value is -0.570. The van der Waals surface area contributed by atoms with Crippen molar-refractivity contribution in [1.29, 1.82) is 0 Å². The topological polar surface area (TPSA) is 46.5 Å². The predicted octanol–water partition coefficient (Wildman–Crippen LogP) is 2.62. The van der Waals surface area contributed by atoms with E-state index >= 15 is 0 Å². The number of esters is 1. The van der Waals surface area contributed by atoms with Gasteiger partial charge in [0.15, 0.2) is 5.60 Å². The average Bonchev–Trinajstić information content (AvgIpc) is 2.30. The second-order valence-corrected chi connectivity index (χ2v) is 5.85. The van der Waals surface area contributed by atoms with E-state index in [1.165, 1.54) is 13.5 Å². The second-order valence-electron chi connectivity index (χ2n) is 5.85. The smallest absolute Gasteiger partial charge is 0.338 e. The van der Waals surface area contributed by atoms with Crippen molar-refractivity contribution in [2.24, 2.45) is 23.7 Å². The minimum atomic E-state index is -1.33. The minimum Gasteiger partial charge on any atom is -0.467 e. The summed E-state index contributed by atoms with van der Waals surface area (Å²) in [5.41, 5.74) is -1.33. The molecule has 0 aromatic rings. The van der Waals surface area contributed by atoms with Crippen LogP contribution in [0.25, 0.3) is 0 Å². The predicted molar refractivity (Wildman–Crippen MR) is 67.5 cm³/mol. The van der Waals surface area contributed by atoms with Crippen molar-refractivity contribution in [3.8, 4) is 0 Å². The van der Waals surface area contributed by atoms with Crippen molar-refractivity contribution in [3.05, 3.63) is 0 Å². The van der Waals surface area contributed by atoms with Crippen LogP contribution in [0.3, 0.4) is 0 Å². The van der Waals surface area contributed by atoms with Gasteiger partial charge in [-0.25, -0.2) is 4.79 Å². The molecule has 3 heteroatoms. The summed E-state index contributed by atoms with van der Waals surface area (Å²) >= 11 is 0. The van der Waals surface area contributed by atoms with Gasteiger partial charge in [0, 0.05) is 5.92 Å². The molecule has 0 radical (unpaired) electrons. The summed E-state index contributed by atoms with van der Waals surface area (Å²) in [6.07, 6.45) is 3.19. The number of aliphatic hydroxyl groups is 1. The van der Waals surface area contributed by atoms with Crippen molar-refractivity contribution in [3.63, 3.8) is 0 Å². The number of hydrogen-bond donors (Lipinski definition) is 1. The Bertz CT molecular complexity index is 275. The molecule has 4 atom stereocenters. The lowest BCUT2D eigenvalue weighted by Crippen LogP contribution is -2.54. The monoisotopic (exact) mass is 242 g/mol. The van der Waals surface area contributed by atoms with Crippen LogP contribution in [0.4, 0.5) is 0 Å². The van der Waals surface area contributed by atoms with Gasteiger partial charge in [-0.1, -0.05) is 40.5 Å². The number of methoxy groups -OCH3 is 1. The fourth-order valence-corrected chi connectivity index (χ4v) is 3.18. The van der Waals surface area contributed by atoms with Crippen LogP contribution >= 0.6 is 0 Å². The fourth-order valence-electron chi connectivity index (χ4n) is 3.18. The second kappa shape index (κ2) is 5.38. The minimum absolute atomic E-state index is 0.0127. The van der Waals surface area contributed by atoms with Gasteiger partial charge in [0.1, 0.15) is 0 Å². The zero-order chi connectivity index (χ0) is 13.2.